The van der Waals surface area contributed by atoms with E-state index in [0.717, 1.165) is 37.1 Å². The second-order valence-electron chi connectivity index (χ2n) is 4.03. The molecule has 1 aromatic rings. The van der Waals surface area contributed by atoms with Gasteiger partial charge >= 0.3 is 0 Å². The average Bonchev–Trinajstić information content (AvgIpc) is 2.91. The zero-order valence-corrected chi connectivity index (χ0v) is 8.48. The lowest BCUT2D eigenvalue weighted by Crippen LogP contribution is -2.27. The van der Waals surface area contributed by atoms with Crippen molar-refractivity contribution in [2.24, 2.45) is 5.16 Å². The first-order chi connectivity index (χ1) is 7.38. The first-order valence-corrected chi connectivity index (χ1v) is 5.32. The summed E-state index contributed by atoms with van der Waals surface area (Å²) in [6, 6.07) is 10.1. The summed E-state index contributed by atoms with van der Waals surface area (Å²) in [5.74, 6) is -0.439. The van der Waals surface area contributed by atoms with Gasteiger partial charge in [0.25, 0.3) is 0 Å². The third-order valence-corrected chi connectivity index (χ3v) is 2.93. The van der Waals surface area contributed by atoms with Crippen LogP contribution >= 0.6 is 0 Å². The fourth-order valence-corrected chi connectivity index (χ4v) is 2.13. The topological polar surface area (TPSA) is 30.8 Å². The Balaban J connectivity index is 1.81. The minimum absolute atomic E-state index is 0.439. The van der Waals surface area contributed by atoms with Crippen LogP contribution in [0.2, 0.25) is 0 Å². The molecule has 78 valence electrons. The monoisotopic (exact) mass is 203 g/mol. The maximum atomic E-state index is 5.62. The molecular formula is C12H13NO2. The van der Waals surface area contributed by atoms with Crippen molar-refractivity contribution >= 4 is 5.71 Å². The molecule has 0 amide bonds. The van der Waals surface area contributed by atoms with Crippen molar-refractivity contribution in [2.45, 2.75) is 25.0 Å². The lowest BCUT2D eigenvalue weighted by molar-refractivity contribution is -0.192. The fraction of sp³-hybridized carbons (Fsp3) is 0.417. The van der Waals surface area contributed by atoms with Crippen LogP contribution in [0.1, 0.15) is 24.8 Å². The number of oxime groups is 1. The number of hydrogen-bond donors (Lipinski definition) is 0. The van der Waals surface area contributed by atoms with Gasteiger partial charge in [-0.2, -0.15) is 0 Å². The number of hydrogen-bond acceptors (Lipinski definition) is 3. The number of benzene rings is 1. The summed E-state index contributed by atoms with van der Waals surface area (Å²) in [6.07, 6.45) is 2.79. The predicted molar refractivity (Wildman–Crippen MR) is 56.6 cm³/mol. The van der Waals surface area contributed by atoms with Crippen LogP contribution in [0.3, 0.4) is 0 Å². The van der Waals surface area contributed by atoms with E-state index in [1.807, 2.05) is 18.2 Å². The first kappa shape index (κ1) is 8.92. The van der Waals surface area contributed by atoms with Gasteiger partial charge in [0.15, 0.2) is 0 Å². The Kier molecular flexibility index (Phi) is 1.99. The second-order valence-corrected chi connectivity index (χ2v) is 4.03. The summed E-state index contributed by atoms with van der Waals surface area (Å²) < 4.78 is 5.62. The van der Waals surface area contributed by atoms with Gasteiger partial charge in [0, 0.05) is 6.42 Å². The van der Waals surface area contributed by atoms with Gasteiger partial charge < -0.3 is 9.57 Å². The molecule has 2 aliphatic heterocycles. The van der Waals surface area contributed by atoms with Gasteiger partial charge in [0.05, 0.1) is 18.7 Å². The van der Waals surface area contributed by atoms with Crippen LogP contribution in [-0.2, 0) is 9.57 Å². The van der Waals surface area contributed by atoms with Crippen molar-refractivity contribution in [3.8, 4) is 0 Å². The van der Waals surface area contributed by atoms with E-state index in [9.17, 15) is 0 Å². The Bertz CT molecular complexity index is 380. The molecule has 1 saturated heterocycles. The average molecular weight is 203 g/mol. The van der Waals surface area contributed by atoms with Crippen molar-refractivity contribution in [1.82, 2.24) is 0 Å². The highest BCUT2D eigenvalue weighted by Gasteiger charge is 2.43. The maximum absolute atomic E-state index is 5.62. The van der Waals surface area contributed by atoms with E-state index < -0.39 is 5.79 Å². The standard InChI is InChI=1S/C12H13NO2/c1-2-5-10(6-3-1)11-9-12(15-13-11)7-4-8-14-12/h1-3,5-6H,4,7-9H2. The number of rotatable bonds is 1. The summed E-state index contributed by atoms with van der Waals surface area (Å²) >= 11 is 0. The second kappa shape index (κ2) is 3.35. The zero-order valence-electron chi connectivity index (χ0n) is 8.48. The van der Waals surface area contributed by atoms with Crippen LogP contribution < -0.4 is 0 Å². The molecule has 0 radical (unpaired) electrons. The molecule has 0 aromatic heterocycles. The highest BCUT2D eigenvalue weighted by Crippen LogP contribution is 2.36. The third kappa shape index (κ3) is 1.53. The lowest BCUT2D eigenvalue weighted by Gasteiger charge is -2.18. The van der Waals surface area contributed by atoms with Crippen molar-refractivity contribution in [3.05, 3.63) is 35.9 Å². The highest BCUT2D eigenvalue weighted by molar-refractivity contribution is 6.01. The van der Waals surface area contributed by atoms with Crippen LogP contribution in [0.25, 0.3) is 0 Å². The normalized spacial score (nSPS) is 29.2. The molecule has 1 aromatic carbocycles. The minimum Gasteiger partial charge on any atom is -0.360 e. The fourth-order valence-electron chi connectivity index (χ4n) is 2.13. The van der Waals surface area contributed by atoms with Gasteiger partial charge in [0.1, 0.15) is 0 Å². The molecule has 1 spiro atoms. The predicted octanol–water partition coefficient (Wildman–Crippen LogP) is 2.32. The van der Waals surface area contributed by atoms with Crippen LogP contribution in [0.5, 0.6) is 0 Å². The quantitative estimate of drug-likeness (QED) is 0.701. The lowest BCUT2D eigenvalue weighted by atomic mass is 10.0. The maximum Gasteiger partial charge on any atom is 0.242 e. The summed E-state index contributed by atoms with van der Waals surface area (Å²) in [4.78, 5) is 5.43. The Morgan fingerprint density at radius 3 is 2.80 bits per heavy atom. The molecule has 3 rings (SSSR count). The molecule has 1 unspecified atom stereocenters. The third-order valence-electron chi connectivity index (χ3n) is 2.93. The molecule has 2 aliphatic rings. The van der Waals surface area contributed by atoms with Gasteiger partial charge in [-0.15, -0.1) is 0 Å². The van der Waals surface area contributed by atoms with Crippen LogP contribution in [0.4, 0.5) is 0 Å². The van der Waals surface area contributed by atoms with E-state index in [1.54, 1.807) is 0 Å². The Morgan fingerprint density at radius 2 is 2.07 bits per heavy atom. The molecule has 3 heteroatoms. The smallest absolute Gasteiger partial charge is 0.242 e. The van der Waals surface area contributed by atoms with Crippen molar-refractivity contribution < 1.29 is 9.57 Å². The minimum atomic E-state index is -0.439. The van der Waals surface area contributed by atoms with Gasteiger partial charge in [-0.05, 0) is 12.0 Å². The van der Waals surface area contributed by atoms with Gasteiger partial charge in [-0.3, -0.25) is 0 Å². The van der Waals surface area contributed by atoms with Crippen molar-refractivity contribution in [1.29, 1.82) is 0 Å². The Morgan fingerprint density at radius 1 is 1.20 bits per heavy atom. The van der Waals surface area contributed by atoms with Gasteiger partial charge in [-0.25, -0.2) is 0 Å². The van der Waals surface area contributed by atoms with Crippen LogP contribution in [0.15, 0.2) is 35.5 Å². The molecule has 0 bridgehead atoms. The molecule has 1 atom stereocenters. The summed E-state index contributed by atoms with van der Waals surface area (Å²) in [7, 11) is 0. The largest absolute Gasteiger partial charge is 0.360 e. The molecule has 1 fully saturated rings. The number of ether oxygens (including phenoxy) is 1. The Labute approximate surface area is 88.7 Å². The van der Waals surface area contributed by atoms with Crippen molar-refractivity contribution in [3.63, 3.8) is 0 Å². The van der Waals surface area contributed by atoms with Gasteiger partial charge in [-0.1, -0.05) is 35.5 Å². The first-order valence-electron chi connectivity index (χ1n) is 5.32. The summed E-state index contributed by atoms with van der Waals surface area (Å²) in [6.45, 7) is 0.789. The summed E-state index contributed by atoms with van der Waals surface area (Å²) in [5, 5.41) is 4.13. The van der Waals surface area contributed by atoms with E-state index in [1.165, 1.54) is 0 Å². The molecular weight excluding hydrogens is 190 g/mol. The molecule has 15 heavy (non-hydrogen) atoms. The van der Waals surface area contributed by atoms with E-state index in [4.69, 9.17) is 9.57 Å². The van der Waals surface area contributed by atoms with Crippen LogP contribution in [0, 0.1) is 0 Å². The van der Waals surface area contributed by atoms with Gasteiger partial charge in [0.2, 0.25) is 5.79 Å². The Hall–Kier alpha value is -1.35. The SMILES string of the molecule is c1ccc(C2=NOC3(CCCO3)C2)cc1. The molecule has 2 heterocycles. The van der Waals surface area contributed by atoms with Crippen LogP contribution in [-0.4, -0.2) is 18.1 Å². The molecule has 0 N–H and O–H groups in total. The van der Waals surface area contributed by atoms with E-state index >= 15 is 0 Å². The van der Waals surface area contributed by atoms with E-state index in [2.05, 4.69) is 17.3 Å². The molecule has 3 nitrogen and oxygen atoms in total. The zero-order chi connectivity index (χ0) is 10.1. The van der Waals surface area contributed by atoms with E-state index in [-0.39, 0.29) is 0 Å². The van der Waals surface area contributed by atoms with Crippen molar-refractivity contribution in [2.75, 3.05) is 6.61 Å². The molecule has 0 aliphatic carbocycles. The number of nitrogens with zero attached hydrogens (tertiary/aromatic N) is 1. The summed E-state index contributed by atoms with van der Waals surface area (Å²) in [5.41, 5.74) is 2.13. The van der Waals surface area contributed by atoms with E-state index in [0.29, 0.717) is 0 Å². The molecule has 0 saturated carbocycles. The highest BCUT2D eigenvalue weighted by atomic mass is 16.8.